The van der Waals surface area contributed by atoms with E-state index in [1.54, 1.807) is 14.2 Å². The highest BCUT2D eigenvalue weighted by molar-refractivity contribution is 9.10. The van der Waals surface area contributed by atoms with Crippen LogP contribution >= 0.6 is 15.9 Å². The lowest BCUT2D eigenvalue weighted by Crippen LogP contribution is -2.36. The highest BCUT2D eigenvalue weighted by Gasteiger charge is 2.26. The third-order valence-electron chi connectivity index (χ3n) is 4.15. The average Bonchev–Trinajstić information content (AvgIpc) is 2.57. The van der Waals surface area contributed by atoms with Crippen LogP contribution in [-0.2, 0) is 16.1 Å². The van der Waals surface area contributed by atoms with Gasteiger partial charge in [-0.15, -0.1) is 0 Å². The first-order chi connectivity index (χ1) is 11.1. The minimum absolute atomic E-state index is 0.0417. The molecule has 2 rings (SSSR count). The number of esters is 1. The van der Waals surface area contributed by atoms with Gasteiger partial charge in [0.15, 0.2) is 11.5 Å². The van der Waals surface area contributed by atoms with Crippen molar-refractivity contribution in [3.8, 4) is 11.5 Å². The Morgan fingerprint density at radius 3 is 2.39 bits per heavy atom. The van der Waals surface area contributed by atoms with Crippen molar-refractivity contribution in [2.24, 2.45) is 5.92 Å². The normalized spacial score (nSPS) is 16.2. The molecule has 1 aromatic rings. The molecule has 1 fully saturated rings. The van der Waals surface area contributed by atoms with Crippen molar-refractivity contribution in [1.29, 1.82) is 0 Å². The van der Waals surface area contributed by atoms with E-state index in [0.717, 1.165) is 48.3 Å². The van der Waals surface area contributed by atoms with E-state index in [9.17, 15) is 4.79 Å². The maximum Gasteiger partial charge on any atom is 0.309 e. The third-order valence-corrected chi connectivity index (χ3v) is 4.89. The van der Waals surface area contributed by atoms with E-state index in [0.29, 0.717) is 12.4 Å². The van der Waals surface area contributed by atoms with Crippen LogP contribution in [0.4, 0.5) is 0 Å². The second-order valence-electron chi connectivity index (χ2n) is 5.60. The summed E-state index contributed by atoms with van der Waals surface area (Å²) in [6.45, 7) is 4.91. The van der Waals surface area contributed by atoms with E-state index in [4.69, 9.17) is 14.2 Å². The van der Waals surface area contributed by atoms with Gasteiger partial charge in [0, 0.05) is 11.0 Å². The average molecular weight is 386 g/mol. The summed E-state index contributed by atoms with van der Waals surface area (Å²) >= 11 is 3.60. The Balaban J connectivity index is 1.97. The molecule has 0 aliphatic carbocycles. The highest BCUT2D eigenvalue weighted by Crippen LogP contribution is 2.34. The minimum Gasteiger partial charge on any atom is -0.493 e. The molecule has 5 nitrogen and oxygen atoms in total. The molecule has 0 radical (unpaired) electrons. The van der Waals surface area contributed by atoms with Crippen molar-refractivity contribution in [3.63, 3.8) is 0 Å². The molecule has 1 aromatic carbocycles. The number of halogens is 1. The fraction of sp³-hybridized carbons (Fsp3) is 0.588. The van der Waals surface area contributed by atoms with E-state index in [1.165, 1.54) is 0 Å². The third kappa shape index (κ3) is 4.61. The number of rotatable bonds is 6. The van der Waals surface area contributed by atoms with Crippen molar-refractivity contribution >= 4 is 21.9 Å². The maximum atomic E-state index is 11.8. The van der Waals surface area contributed by atoms with Gasteiger partial charge in [0.1, 0.15) is 0 Å². The first-order valence-corrected chi connectivity index (χ1v) is 8.67. The topological polar surface area (TPSA) is 48.0 Å². The van der Waals surface area contributed by atoms with Gasteiger partial charge in [0.25, 0.3) is 0 Å². The van der Waals surface area contributed by atoms with Gasteiger partial charge in [0.05, 0.1) is 26.7 Å². The summed E-state index contributed by atoms with van der Waals surface area (Å²) in [4.78, 5) is 14.1. The smallest absolute Gasteiger partial charge is 0.309 e. The van der Waals surface area contributed by atoms with Gasteiger partial charge in [-0.2, -0.15) is 0 Å². The van der Waals surface area contributed by atoms with Crippen LogP contribution in [0.5, 0.6) is 11.5 Å². The number of ether oxygens (including phenoxy) is 3. The fourth-order valence-electron chi connectivity index (χ4n) is 2.85. The van der Waals surface area contributed by atoms with Crippen molar-refractivity contribution < 1.29 is 19.0 Å². The zero-order valence-corrected chi connectivity index (χ0v) is 15.5. The molecule has 0 unspecified atom stereocenters. The van der Waals surface area contributed by atoms with Crippen LogP contribution in [-0.4, -0.2) is 44.8 Å². The van der Waals surface area contributed by atoms with Crippen molar-refractivity contribution in [2.45, 2.75) is 26.3 Å². The van der Waals surface area contributed by atoms with Crippen molar-refractivity contribution in [2.75, 3.05) is 33.9 Å². The molecular weight excluding hydrogens is 362 g/mol. The largest absolute Gasteiger partial charge is 0.493 e. The number of piperidine rings is 1. The summed E-state index contributed by atoms with van der Waals surface area (Å²) in [5.74, 6) is 1.43. The van der Waals surface area contributed by atoms with Gasteiger partial charge in [-0.05, 0) is 50.6 Å². The van der Waals surface area contributed by atoms with Crippen LogP contribution in [0.3, 0.4) is 0 Å². The number of carbonyl (C=O) groups is 1. The SMILES string of the molecule is CCOC(=O)C1CCN(Cc2cc(OC)c(OC)cc2Br)CC1. The molecule has 0 spiro atoms. The minimum atomic E-state index is -0.0561. The van der Waals surface area contributed by atoms with Gasteiger partial charge >= 0.3 is 5.97 Å². The molecule has 6 heteroatoms. The lowest BCUT2D eigenvalue weighted by Gasteiger charge is -2.31. The number of methoxy groups -OCH3 is 2. The molecule has 1 aliphatic rings. The summed E-state index contributed by atoms with van der Waals surface area (Å²) in [6, 6.07) is 3.93. The zero-order valence-electron chi connectivity index (χ0n) is 13.9. The van der Waals surface area contributed by atoms with Gasteiger partial charge in [-0.1, -0.05) is 15.9 Å². The van der Waals surface area contributed by atoms with E-state index < -0.39 is 0 Å². The molecule has 0 N–H and O–H groups in total. The van der Waals surface area contributed by atoms with Crippen LogP contribution in [0, 0.1) is 5.92 Å². The molecule has 128 valence electrons. The van der Waals surface area contributed by atoms with E-state index >= 15 is 0 Å². The lowest BCUT2D eigenvalue weighted by molar-refractivity contribution is -0.149. The van der Waals surface area contributed by atoms with Gasteiger partial charge in [0.2, 0.25) is 0 Å². The number of likely N-dealkylation sites (tertiary alicyclic amines) is 1. The van der Waals surface area contributed by atoms with E-state index in [2.05, 4.69) is 20.8 Å². The maximum absolute atomic E-state index is 11.8. The molecule has 23 heavy (non-hydrogen) atoms. The quantitative estimate of drug-likeness (QED) is 0.703. The van der Waals surface area contributed by atoms with Crippen LogP contribution in [0.1, 0.15) is 25.3 Å². The number of nitrogens with zero attached hydrogens (tertiary/aromatic N) is 1. The first-order valence-electron chi connectivity index (χ1n) is 7.88. The number of benzene rings is 1. The molecule has 1 heterocycles. The Morgan fingerprint density at radius 1 is 1.22 bits per heavy atom. The molecular formula is C17H24BrNO4. The molecule has 0 saturated carbocycles. The van der Waals surface area contributed by atoms with Gasteiger partial charge in [-0.25, -0.2) is 0 Å². The molecule has 0 amide bonds. The van der Waals surface area contributed by atoms with Gasteiger partial charge < -0.3 is 14.2 Å². The number of hydrogen-bond donors (Lipinski definition) is 0. The standard InChI is InChI=1S/C17H24BrNO4/c1-4-23-17(20)12-5-7-19(8-6-12)11-13-9-15(21-2)16(22-3)10-14(13)18/h9-10,12H,4-8,11H2,1-3H3. The second-order valence-corrected chi connectivity index (χ2v) is 6.46. The predicted molar refractivity (Wildman–Crippen MR) is 91.9 cm³/mol. The van der Waals surface area contributed by atoms with Crippen LogP contribution < -0.4 is 9.47 Å². The van der Waals surface area contributed by atoms with E-state index in [1.807, 2.05) is 19.1 Å². The first kappa shape index (κ1) is 18.1. The zero-order chi connectivity index (χ0) is 16.8. The Labute approximate surface area is 146 Å². The Hall–Kier alpha value is -1.27. The molecule has 0 bridgehead atoms. The molecule has 0 aromatic heterocycles. The van der Waals surface area contributed by atoms with E-state index in [-0.39, 0.29) is 11.9 Å². The van der Waals surface area contributed by atoms with Crippen LogP contribution in [0.2, 0.25) is 0 Å². The fourth-order valence-corrected chi connectivity index (χ4v) is 3.29. The lowest BCUT2D eigenvalue weighted by atomic mass is 9.96. The van der Waals surface area contributed by atoms with Crippen LogP contribution in [0.15, 0.2) is 16.6 Å². The van der Waals surface area contributed by atoms with Gasteiger partial charge in [-0.3, -0.25) is 9.69 Å². The monoisotopic (exact) mass is 385 g/mol. The predicted octanol–water partition coefficient (Wildman–Crippen LogP) is 3.24. The Kier molecular flexibility index (Phi) is 6.72. The number of carbonyl (C=O) groups excluding carboxylic acids is 1. The summed E-state index contributed by atoms with van der Waals surface area (Å²) in [6.07, 6.45) is 1.70. The Bertz CT molecular complexity index is 542. The van der Waals surface area contributed by atoms with Crippen LogP contribution in [0.25, 0.3) is 0 Å². The summed E-state index contributed by atoms with van der Waals surface area (Å²) in [5.41, 5.74) is 1.15. The van der Waals surface area contributed by atoms with Crippen molar-refractivity contribution in [3.05, 3.63) is 22.2 Å². The Morgan fingerprint density at radius 2 is 1.83 bits per heavy atom. The van der Waals surface area contributed by atoms with Crippen molar-refractivity contribution in [1.82, 2.24) is 4.90 Å². The summed E-state index contributed by atoms with van der Waals surface area (Å²) < 4.78 is 16.8. The summed E-state index contributed by atoms with van der Waals surface area (Å²) in [7, 11) is 3.27. The second kappa shape index (κ2) is 8.55. The molecule has 0 atom stereocenters. The molecule has 1 aliphatic heterocycles. The molecule has 1 saturated heterocycles. The number of hydrogen-bond acceptors (Lipinski definition) is 5. The highest BCUT2D eigenvalue weighted by atomic mass is 79.9. The summed E-state index contributed by atoms with van der Waals surface area (Å²) in [5, 5.41) is 0.